The summed E-state index contributed by atoms with van der Waals surface area (Å²) in [4.78, 5) is 22.6. The van der Waals surface area contributed by atoms with Crippen LogP contribution >= 0.6 is 0 Å². The number of rotatable bonds is 8. The predicted octanol–water partition coefficient (Wildman–Crippen LogP) is 2.88. The first kappa shape index (κ1) is 17.3. The average Bonchev–Trinajstić information content (AvgIpc) is 3.35. The summed E-state index contributed by atoms with van der Waals surface area (Å²) in [6.45, 7) is -0.382. The first-order chi connectivity index (χ1) is 12.7. The molecule has 0 N–H and O–H groups in total. The van der Waals surface area contributed by atoms with Crippen LogP contribution in [0.25, 0.3) is 11.5 Å². The molecule has 0 fully saturated rings. The highest BCUT2D eigenvalue weighted by Crippen LogP contribution is 2.27. The molecule has 0 unspecified atom stereocenters. The first-order valence-electron chi connectivity index (χ1n) is 7.60. The fraction of sp³-hybridized carbons (Fsp3) is 0.167. The first-order valence-corrected chi connectivity index (χ1v) is 7.60. The largest absolute Gasteiger partial charge is 0.493 e. The van der Waals surface area contributed by atoms with Gasteiger partial charge in [0, 0.05) is 11.6 Å². The molecule has 2 heterocycles. The van der Waals surface area contributed by atoms with Gasteiger partial charge in [0.1, 0.15) is 18.6 Å². The summed E-state index contributed by atoms with van der Waals surface area (Å²) in [5.41, 5.74) is 0.882. The summed E-state index contributed by atoms with van der Waals surface area (Å²) < 4.78 is 25.9. The Morgan fingerprint density at radius 3 is 2.81 bits per heavy atom. The zero-order chi connectivity index (χ0) is 18.4. The molecule has 0 aliphatic carbocycles. The zero-order valence-electron chi connectivity index (χ0n) is 13.8. The van der Waals surface area contributed by atoms with E-state index in [1.807, 2.05) is 0 Å². The van der Waals surface area contributed by atoms with E-state index < -0.39 is 5.97 Å². The van der Waals surface area contributed by atoms with Crippen LogP contribution in [-0.4, -0.2) is 31.1 Å². The topological polar surface area (TPSA) is 101 Å². The smallest absolute Gasteiger partial charge is 0.344 e. The number of aromatic nitrogens is 1. The number of nitrogens with zero attached hydrogens (tertiary/aromatic N) is 1. The molecule has 8 nitrogen and oxygen atoms in total. The minimum atomic E-state index is -0.589. The molecule has 3 aromatic rings. The summed E-state index contributed by atoms with van der Waals surface area (Å²) in [6, 6.07) is 9.69. The van der Waals surface area contributed by atoms with Crippen LogP contribution < -0.4 is 9.47 Å². The van der Waals surface area contributed by atoms with E-state index in [4.69, 9.17) is 23.2 Å². The maximum Gasteiger partial charge on any atom is 0.344 e. The third-order valence-electron chi connectivity index (χ3n) is 3.37. The standard InChI is InChI=1S/C18H15NO7/c1-22-16-7-12(9-20)4-5-15(16)24-11-18(21)25-10-13-8-17(26-19-13)14-3-2-6-23-14/h2-9H,10-11H2,1H3. The van der Waals surface area contributed by atoms with Gasteiger partial charge in [0.15, 0.2) is 23.9 Å². The Bertz CT molecular complexity index is 883. The highest BCUT2D eigenvalue weighted by atomic mass is 16.6. The Balaban J connectivity index is 1.51. The van der Waals surface area contributed by atoms with Crippen molar-refractivity contribution in [1.82, 2.24) is 5.16 Å². The molecule has 0 amide bonds. The number of esters is 1. The van der Waals surface area contributed by atoms with E-state index in [0.29, 0.717) is 40.6 Å². The number of benzene rings is 1. The molecule has 0 saturated heterocycles. The van der Waals surface area contributed by atoms with Gasteiger partial charge in [-0.25, -0.2) is 4.79 Å². The molecule has 0 aliphatic rings. The fourth-order valence-electron chi connectivity index (χ4n) is 2.12. The predicted molar refractivity (Wildman–Crippen MR) is 87.9 cm³/mol. The summed E-state index contributed by atoms with van der Waals surface area (Å²) in [6.07, 6.45) is 2.21. The van der Waals surface area contributed by atoms with Crippen molar-refractivity contribution in [2.75, 3.05) is 13.7 Å². The van der Waals surface area contributed by atoms with Crippen LogP contribution in [0, 0.1) is 0 Å². The van der Waals surface area contributed by atoms with Gasteiger partial charge in [0.2, 0.25) is 5.76 Å². The van der Waals surface area contributed by atoms with Gasteiger partial charge in [-0.1, -0.05) is 5.16 Å². The number of hydrogen-bond donors (Lipinski definition) is 0. The average molecular weight is 357 g/mol. The lowest BCUT2D eigenvalue weighted by molar-refractivity contribution is -0.147. The molecule has 1 aromatic carbocycles. The maximum atomic E-state index is 11.8. The van der Waals surface area contributed by atoms with Gasteiger partial charge in [-0.2, -0.15) is 0 Å². The molecular formula is C18H15NO7. The van der Waals surface area contributed by atoms with Gasteiger partial charge in [0.05, 0.1) is 13.4 Å². The highest BCUT2D eigenvalue weighted by Gasteiger charge is 2.13. The monoisotopic (exact) mass is 357 g/mol. The van der Waals surface area contributed by atoms with Crippen LogP contribution in [0.3, 0.4) is 0 Å². The van der Waals surface area contributed by atoms with Crippen LogP contribution in [0.4, 0.5) is 0 Å². The fourth-order valence-corrected chi connectivity index (χ4v) is 2.12. The van der Waals surface area contributed by atoms with Gasteiger partial charge in [-0.15, -0.1) is 0 Å². The third kappa shape index (κ3) is 4.10. The molecule has 2 aromatic heterocycles. The quantitative estimate of drug-likeness (QED) is 0.448. The van der Waals surface area contributed by atoms with E-state index in [2.05, 4.69) is 5.16 Å². The van der Waals surface area contributed by atoms with Gasteiger partial charge < -0.3 is 23.2 Å². The minimum Gasteiger partial charge on any atom is -0.493 e. The van der Waals surface area contributed by atoms with Gasteiger partial charge in [-0.05, 0) is 30.3 Å². The summed E-state index contributed by atoms with van der Waals surface area (Å²) >= 11 is 0. The van der Waals surface area contributed by atoms with Crippen molar-refractivity contribution in [1.29, 1.82) is 0 Å². The molecule has 0 bridgehead atoms. The molecule has 3 rings (SSSR count). The van der Waals surface area contributed by atoms with Crippen molar-refractivity contribution < 1.29 is 32.7 Å². The van der Waals surface area contributed by atoms with Crippen molar-refractivity contribution in [2.24, 2.45) is 0 Å². The van der Waals surface area contributed by atoms with E-state index in [-0.39, 0.29) is 13.2 Å². The third-order valence-corrected chi connectivity index (χ3v) is 3.37. The van der Waals surface area contributed by atoms with Crippen molar-refractivity contribution in [3.05, 3.63) is 53.9 Å². The summed E-state index contributed by atoms with van der Waals surface area (Å²) in [7, 11) is 1.44. The highest BCUT2D eigenvalue weighted by molar-refractivity contribution is 5.76. The molecule has 0 spiro atoms. The molecule has 0 saturated carbocycles. The van der Waals surface area contributed by atoms with E-state index in [1.165, 1.54) is 19.4 Å². The van der Waals surface area contributed by atoms with E-state index in [9.17, 15) is 9.59 Å². The van der Waals surface area contributed by atoms with Gasteiger partial charge in [0.25, 0.3) is 0 Å². The van der Waals surface area contributed by atoms with Crippen molar-refractivity contribution >= 4 is 12.3 Å². The Kier molecular flexibility index (Phi) is 5.33. The number of methoxy groups -OCH3 is 1. The lowest BCUT2D eigenvalue weighted by Crippen LogP contribution is -2.15. The summed E-state index contributed by atoms with van der Waals surface area (Å²) in [5, 5.41) is 3.80. The van der Waals surface area contributed by atoms with Crippen LogP contribution in [0.15, 0.2) is 51.6 Å². The van der Waals surface area contributed by atoms with E-state index in [1.54, 1.807) is 30.3 Å². The number of aldehydes is 1. The summed E-state index contributed by atoms with van der Waals surface area (Å²) in [5.74, 6) is 1.06. The molecular weight excluding hydrogens is 342 g/mol. The molecule has 0 aliphatic heterocycles. The van der Waals surface area contributed by atoms with Crippen molar-refractivity contribution in [3.63, 3.8) is 0 Å². The molecule has 0 atom stereocenters. The molecule has 26 heavy (non-hydrogen) atoms. The van der Waals surface area contributed by atoms with Crippen LogP contribution in [0.5, 0.6) is 11.5 Å². The lowest BCUT2D eigenvalue weighted by atomic mass is 10.2. The van der Waals surface area contributed by atoms with Gasteiger partial charge >= 0.3 is 5.97 Å². The second-order valence-electron chi connectivity index (χ2n) is 5.14. The number of hydrogen-bond acceptors (Lipinski definition) is 8. The van der Waals surface area contributed by atoms with Crippen molar-refractivity contribution in [2.45, 2.75) is 6.61 Å². The number of ether oxygens (including phenoxy) is 3. The Labute approximate surface area is 148 Å². The van der Waals surface area contributed by atoms with Crippen LogP contribution in [0.1, 0.15) is 16.1 Å². The van der Waals surface area contributed by atoms with Crippen LogP contribution in [0.2, 0.25) is 0 Å². The molecule has 8 heteroatoms. The maximum absolute atomic E-state index is 11.8. The molecule has 0 radical (unpaired) electrons. The second-order valence-corrected chi connectivity index (χ2v) is 5.14. The van der Waals surface area contributed by atoms with E-state index in [0.717, 1.165) is 0 Å². The zero-order valence-corrected chi connectivity index (χ0v) is 13.8. The normalized spacial score (nSPS) is 10.3. The molecule has 134 valence electrons. The SMILES string of the molecule is COc1cc(C=O)ccc1OCC(=O)OCc1cc(-c2ccco2)on1. The van der Waals surface area contributed by atoms with Crippen molar-refractivity contribution in [3.8, 4) is 23.0 Å². The van der Waals surface area contributed by atoms with E-state index >= 15 is 0 Å². The second kappa shape index (κ2) is 8.02. The van der Waals surface area contributed by atoms with Crippen LogP contribution in [-0.2, 0) is 16.1 Å². The lowest BCUT2D eigenvalue weighted by Gasteiger charge is -2.10. The van der Waals surface area contributed by atoms with Gasteiger partial charge in [-0.3, -0.25) is 4.79 Å². The number of carbonyl (C=O) groups is 2. The number of furan rings is 1. The Morgan fingerprint density at radius 2 is 2.08 bits per heavy atom. The Morgan fingerprint density at radius 1 is 1.19 bits per heavy atom. The number of carbonyl (C=O) groups excluding carboxylic acids is 2. The minimum absolute atomic E-state index is 0.0619. The Hall–Kier alpha value is -3.55.